The van der Waals surface area contributed by atoms with Gasteiger partial charge < -0.3 is 14.9 Å². The third-order valence-corrected chi connectivity index (χ3v) is 0.739. The summed E-state index contributed by atoms with van der Waals surface area (Å²) in [5.41, 5.74) is 2.58. The molecule has 0 unspecified atom stereocenters. The van der Waals surface area contributed by atoms with Crippen molar-refractivity contribution in [2.45, 2.75) is 13.8 Å². The van der Waals surface area contributed by atoms with Crippen molar-refractivity contribution in [2.24, 2.45) is 5.10 Å². The number of rotatable bonds is 3. The summed E-state index contributed by atoms with van der Waals surface area (Å²) in [5, 5.41) is 3.73. The Balaban J connectivity index is 3.60. The van der Waals surface area contributed by atoms with Gasteiger partial charge in [-0.3, -0.25) is 0 Å². The van der Waals surface area contributed by atoms with Crippen LogP contribution in [0.2, 0.25) is 0 Å². The van der Waals surface area contributed by atoms with Crippen molar-refractivity contribution in [1.29, 1.82) is 0 Å². The van der Waals surface area contributed by atoms with Crippen LogP contribution in [0.1, 0.15) is 13.8 Å². The number of hydrogen-bond donors (Lipinski definition) is 1. The Labute approximate surface area is 61.2 Å². The van der Waals surface area contributed by atoms with Crippen molar-refractivity contribution < 1.29 is 9.47 Å². The summed E-state index contributed by atoms with van der Waals surface area (Å²) in [6.07, 6.45) is 0.299. The largest absolute Gasteiger partial charge is 0.450 e. The zero-order chi connectivity index (χ0) is 7.82. The molecule has 0 saturated heterocycles. The fourth-order valence-electron chi connectivity index (χ4n) is 0.444. The predicted octanol–water partition coefficient (Wildman–Crippen LogP) is 0.550. The predicted molar refractivity (Wildman–Crippen MR) is 39.7 cm³/mol. The number of hydrazone groups is 1. The molecule has 0 aliphatic carbocycles. The summed E-state index contributed by atoms with van der Waals surface area (Å²) >= 11 is 0. The van der Waals surface area contributed by atoms with E-state index in [0.29, 0.717) is 19.3 Å². The molecule has 4 nitrogen and oxygen atoms in total. The second kappa shape index (κ2) is 6.19. The van der Waals surface area contributed by atoms with E-state index in [2.05, 4.69) is 10.5 Å². The Hall–Kier alpha value is -0.930. The molecule has 0 spiro atoms. The summed E-state index contributed by atoms with van der Waals surface area (Å²) in [6, 6.07) is 0. The van der Waals surface area contributed by atoms with Crippen LogP contribution in [-0.2, 0) is 9.47 Å². The number of hydrogen-bond acceptors (Lipinski definition) is 4. The minimum absolute atomic E-state index is 0.299. The molecule has 60 valence electrons. The van der Waals surface area contributed by atoms with Crippen LogP contribution in [0.15, 0.2) is 5.10 Å². The van der Waals surface area contributed by atoms with Crippen LogP contribution in [0.25, 0.3) is 0 Å². The molecule has 0 amide bonds. The Bertz CT molecular complexity index is 95.9. The van der Waals surface area contributed by atoms with Gasteiger partial charge in [0.2, 0.25) is 0 Å². The maximum absolute atomic E-state index is 4.99. The van der Waals surface area contributed by atoms with Gasteiger partial charge in [0.25, 0.3) is 0 Å². The molecule has 1 N–H and O–H groups in total. The van der Waals surface area contributed by atoms with Crippen LogP contribution in [0.3, 0.4) is 0 Å². The summed E-state index contributed by atoms with van der Waals surface area (Å²) < 4.78 is 9.98. The molecular formula is C6H14N2O2. The van der Waals surface area contributed by atoms with Crippen molar-refractivity contribution in [3.05, 3.63) is 0 Å². The van der Waals surface area contributed by atoms with Crippen LogP contribution in [0.5, 0.6) is 0 Å². The number of nitrogens with one attached hydrogen (secondary N) is 1. The molecule has 10 heavy (non-hydrogen) atoms. The van der Waals surface area contributed by atoms with Gasteiger partial charge in [-0.15, -0.1) is 5.10 Å². The smallest absolute Gasteiger partial charge is 0.405 e. The molecule has 0 fully saturated rings. The van der Waals surface area contributed by atoms with Crippen molar-refractivity contribution >= 4 is 6.08 Å². The lowest BCUT2D eigenvalue weighted by molar-refractivity contribution is 0.178. The lowest BCUT2D eigenvalue weighted by Gasteiger charge is -2.05. The lowest BCUT2D eigenvalue weighted by atomic mass is 10.8. The summed E-state index contributed by atoms with van der Waals surface area (Å²) in [6.45, 7) is 4.90. The maximum Gasteiger partial charge on any atom is 0.405 e. The molecule has 0 bridgehead atoms. The summed E-state index contributed by atoms with van der Waals surface area (Å²) in [4.78, 5) is 0. The van der Waals surface area contributed by atoms with Crippen LogP contribution >= 0.6 is 0 Å². The number of nitrogens with zero attached hydrogens (tertiary/aromatic N) is 1. The minimum Gasteiger partial charge on any atom is -0.450 e. The van der Waals surface area contributed by atoms with E-state index in [0.717, 1.165) is 0 Å². The van der Waals surface area contributed by atoms with E-state index in [1.807, 2.05) is 13.8 Å². The van der Waals surface area contributed by atoms with Gasteiger partial charge in [-0.2, -0.15) is 0 Å². The maximum atomic E-state index is 4.99. The molecule has 0 rings (SSSR count). The summed E-state index contributed by atoms with van der Waals surface area (Å²) in [5.74, 6) is 0. The normalized spacial score (nSPS) is 8.30. The molecule has 0 atom stereocenters. The van der Waals surface area contributed by atoms with Gasteiger partial charge in [0, 0.05) is 7.05 Å². The van der Waals surface area contributed by atoms with E-state index in [-0.39, 0.29) is 0 Å². The van der Waals surface area contributed by atoms with Gasteiger partial charge in [0.05, 0.1) is 13.2 Å². The van der Waals surface area contributed by atoms with Crippen molar-refractivity contribution in [3.8, 4) is 0 Å². The average Bonchev–Trinajstić information content (AvgIpc) is 1.90. The molecule has 0 aromatic carbocycles. The fraction of sp³-hybridized carbons (Fsp3) is 0.833. The highest BCUT2D eigenvalue weighted by atomic mass is 16.7. The van der Waals surface area contributed by atoms with Crippen LogP contribution in [0.4, 0.5) is 0 Å². The van der Waals surface area contributed by atoms with Crippen molar-refractivity contribution in [1.82, 2.24) is 5.43 Å². The van der Waals surface area contributed by atoms with Gasteiger partial charge >= 0.3 is 6.08 Å². The van der Waals surface area contributed by atoms with Crippen LogP contribution in [-0.4, -0.2) is 26.3 Å². The third-order valence-electron chi connectivity index (χ3n) is 0.739. The highest BCUT2D eigenvalue weighted by Crippen LogP contribution is 1.83. The Morgan fingerprint density at radius 3 is 2.10 bits per heavy atom. The highest BCUT2D eigenvalue weighted by molar-refractivity contribution is 5.66. The monoisotopic (exact) mass is 146 g/mol. The fourth-order valence-corrected chi connectivity index (χ4v) is 0.444. The average molecular weight is 146 g/mol. The Kier molecular flexibility index (Phi) is 5.62. The first kappa shape index (κ1) is 9.07. The second-order valence-electron chi connectivity index (χ2n) is 1.47. The van der Waals surface area contributed by atoms with Gasteiger partial charge in [0.1, 0.15) is 0 Å². The van der Waals surface area contributed by atoms with E-state index >= 15 is 0 Å². The first-order valence-corrected chi connectivity index (χ1v) is 3.35. The van der Waals surface area contributed by atoms with Gasteiger partial charge in [-0.25, -0.2) is 0 Å². The lowest BCUT2D eigenvalue weighted by Crippen LogP contribution is -2.13. The van der Waals surface area contributed by atoms with E-state index in [4.69, 9.17) is 9.47 Å². The van der Waals surface area contributed by atoms with Crippen molar-refractivity contribution in [3.63, 3.8) is 0 Å². The first-order chi connectivity index (χ1) is 4.85. The third kappa shape index (κ3) is 4.00. The van der Waals surface area contributed by atoms with Crippen molar-refractivity contribution in [2.75, 3.05) is 20.3 Å². The standard InChI is InChI=1S/C6H14N2O2/c1-4-9-6(8-7-3)10-5-2/h7H,4-5H2,1-3H3. The molecule has 0 aromatic heterocycles. The Morgan fingerprint density at radius 2 is 1.80 bits per heavy atom. The summed E-state index contributed by atoms with van der Waals surface area (Å²) in [7, 11) is 1.69. The molecule has 0 heterocycles. The van der Waals surface area contributed by atoms with Gasteiger partial charge in [0.15, 0.2) is 0 Å². The molecule has 0 aliphatic rings. The minimum atomic E-state index is 0.299. The Morgan fingerprint density at radius 1 is 1.30 bits per heavy atom. The van der Waals surface area contributed by atoms with Gasteiger partial charge in [-0.05, 0) is 13.8 Å². The molecule has 0 aliphatic heterocycles. The van der Waals surface area contributed by atoms with Crippen LogP contribution in [0, 0.1) is 0 Å². The zero-order valence-electron chi connectivity index (χ0n) is 6.68. The van der Waals surface area contributed by atoms with E-state index in [1.54, 1.807) is 7.05 Å². The second-order valence-corrected chi connectivity index (χ2v) is 1.47. The zero-order valence-corrected chi connectivity index (χ0v) is 6.68. The number of ether oxygens (including phenoxy) is 2. The topological polar surface area (TPSA) is 42.8 Å². The quantitative estimate of drug-likeness (QED) is 0.359. The molecule has 4 heteroatoms. The van der Waals surface area contributed by atoms with E-state index < -0.39 is 0 Å². The van der Waals surface area contributed by atoms with E-state index in [9.17, 15) is 0 Å². The van der Waals surface area contributed by atoms with Crippen LogP contribution < -0.4 is 5.43 Å². The first-order valence-electron chi connectivity index (χ1n) is 3.35. The SMILES string of the molecule is CCOC(=NNC)OCC. The molecule has 0 saturated carbocycles. The van der Waals surface area contributed by atoms with Gasteiger partial charge in [-0.1, -0.05) is 0 Å². The molecule has 0 radical (unpaired) electrons. The van der Waals surface area contributed by atoms with E-state index in [1.165, 1.54) is 0 Å². The molecule has 0 aromatic rings. The highest BCUT2D eigenvalue weighted by Gasteiger charge is 1.95. The molecular weight excluding hydrogens is 132 g/mol.